The average molecular weight is 345 g/mol. The number of nitrogens with zero attached hydrogens (tertiary/aromatic N) is 1. The number of aromatic amines is 1. The molecule has 0 radical (unpaired) electrons. The zero-order valence-electron chi connectivity index (χ0n) is 11.3. The number of benzene rings is 1. The highest BCUT2D eigenvalue weighted by Gasteiger charge is 2.19. The summed E-state index contributed by atoms with van der Waals surface area (Å²) in [5.74, 6) is -1.63. The lowest BCUT2D eigenvalue weighted by Gasteiger charge is -2.06. The molecule has 0 unspecified atom stereocenters. The fraction of sp³-hybridized carbons (Fsp3) is 0.167. The number of rotatable bonds is 5. The number of carbonyl (C=O) groups is 2. The van der Waals surface area contributed by atoms with Crippen LogP contribution in [0.15, 0.2) is 32.5 Å². The Kier molecular flexibility index (Phi) is 4.88. The third kappa shape index (κ3) is 3.68. The van der Waals surface area contributed by atoms with Gasteiger partial charge in [0, 0.05) is 5.69 Å². The predicted molar refractivity (Wildman–Crippen MR) is 78.3 cm³/mol. The normalized spacial score (nSPS) is 10.5. The van der Waals surface area contributed by atoms with Gasteiger partial charge in [0.15, 0.2) is 7.05 Å². The molecule has 0 aliphatic heterocycles. The number of carbonyl (C=O) groups excluding carboxylic acids is 1. The summed E-state index contributed by atoms with van der Waals surface area (Å²) in [6.45, 7) is 0. The van der Waals surface area contributed by atoms with E-state index in [-0.39, 0.29) is 21.4 Å². The summed E-state index contributed by atoms with van der Waals surface area (Å²) in [5, 5.41) is 14.2. The molecular weight excluding hydrogens is 334 g/mol. The van der Waals surface area contributed by atoms with Gasteiger partial charge in [-0.15, -0.1) is 0 Å². The van der Waals surface area contributed by atoms with Crippen molar-refractivity contribution in [2.45, 2.75) is 5.03 Å². The maximum atomic E-state index is 11.8. The number of halogens is 1. The molecule has 0 saturated heterocycles. The van der Waals surface area contributed by atoms with Gasteiger partial charge >= 0.3 is 16.6 Å². The summed E-state index contributed by atoms with van der Waals surface area (Å²) in [5.41, 5.74) is -0.373. The standard InChI is InChI=1S/C12H10ClN3O5S/c1-16-10(12(20)21-15-16)22-5-9(17)14-6-2-3-8(13)7(4-6)11(18)19/h2-4H,5H2,1H3,(H2-,14,15,17,18,19,20)/p+1. The number of carboxylic acids is 1. The van der Waals surface area contributed by atoms with Gasteiger partial charge in [-0.2, -0.15) is 0 Å². The molecular formula is C12H11ClN3O5S+. The number of aromatic nitrogens is 2. The Morgan fingerprint density at radius 1 is 1.50 bits per heavy atom. The molecule has 3 N–H and O–H groups in total. The average Bonchev–Trinajstić information content (AvgIpc) is 2.77. The fourth-order valence-electron chi connectivity index (χ4n) is 1.59. The number of hydrogen-bond acceptors (Lipinski definition) is 5. The molecule has 2 aromatic rings. The highest BCUT2D eigenvalue weighted by Crippen LogP contribution is 2.21. The Balaban J connectivity index is 2.02. The predicted octanol–water partition coefficient (Wildman–Crippen LogP) is 0.875. The van der Waals surface area contributed by atoms with Crippen molar-refractivity contribution in [3.63, 3.8) is 0 Å². The molecule has 0 aliphatic carbocycles. The molecule has 0 fully saturated rings. The summed E-state index contributed by atoms with van der Waals surface area (Å²) < 4.78 is 5.90. The quantitative estimate of drug-likeness (QED) is 0.547. The second-order valence-corrected chi connectivity index (χ2v) is 5.55. The minimum atomic E-state index is -1.19. The molecule has 8 nitrogen and oxygen atoms in total. The molecule has 22 heavy (non-hydrogen) atoms. The zero-order chi connectivity index (χ0) is 16.3. The van der Waals surface area contributed by atoms with E-state index in [1.807, 2.05) is 0 Å². The summed E-state index contributed by atoms with van der Waals surface area (Å²) in [7, 11) is 1.57. The van der Waals surface area contributed by atoms with E-state index >= 15 is 0 Å². The van der Waals surface area contributed by atoms with Crippen LogP contribution in [0.25, 0.3) is 0 Å². The minimum absolute atomic E-state index is 0.0402. The lowest BCUT2D eigenvalue weighted by Crippen LogP contribution is -2.34. The van der Waals surface area contributed by atoms with E-state index in [9.17, 15) is 14.4 Å². The van der Waals surface area contributed by atoms with Crippen LogP contribution in [0.2, 0.25) is 5.02 Å². The van der Waals surface area contributed by atoms with Crippen molar-refractivity contribution in [2.75, 3.05) is 11.1 Å². The molecule has 0 bridgehead atoms. The molecule has 0 atom stereocenters. The number of anilines is 1. The Morgan fingerprint density at radius 2 is 2.23 bits per heavy atom. The Bertz CT molecular complexity index is 785. The Hall–Kier alpha value is -2.26. The summed E-state index contributed by atoms with van der Waals surface area (Å²) in [6, 6.07) is 4.13. The van der Waals surface area contributed by atoms with Crippen molar-refractivity contribution < 1.29 is 23.9 Å². The van der Waals surface area contributed by atoms with Crippen molar-refractivity contribution >= 4 is 40.9 Å². The number of hydrogen-bond donors (Lipinski definition) is 3. The maximum Gasteiger partial charge on any atom is 0.441 e. The smallest absolute Gasteiger partial charge is 0.441 e. The summed E-state index contributed by atoms with van der Waals surface area (Å²) in [6.07, 6.45) is 0. The number of H-pyrrole nitrogens is 1. The molecule has 0 aliphatic rings. The first kappa shape index (κ1) is 16.1. The first-order valence-corrected chi connectivity index (χ1v) is 7.28. The van der Waals surface area contributed by atoms with Gasteiger partial charge in [-0.1, -0.05) is 16.3 Å². The highest BCUT2D eigenvalue weighted by atomic mass is 35.5. The SMILES string of the molecule is C[n+]1[nH]oc(=O)c1SCC(=O)Nc1ccc(Cl)c(C(=O)O)c1. The van der Waals surface area contributed by atoms with Gasteiger partial charge in [-0.05, 0) is 35.2 Å². The summed E-state index contributed by atoms with van der Waals surface area (Å²) in [4.78, 5) is 34.1. The largest absolute Gasteiger partial charge is 0.478 e. The molecule has 1 amide bonds. The van der Waals surface area contributed by atoms with E-state index in [2.05, 4.69) is 15.1 Å². The fourth-order valence-corrected chi connectivity index (χ4v) is 2.51. The molecule has 2 rings (SSSR count). The molecule has 0 spiro atoms. The molecule has 116 valence electrons. The van der Waals surface area contributed by atoms with Gasteiger partial charge in [0.1, 0.15) is 0 Å². The molecule has 1 aromatic carbocycles. The van der Waals surface area contributed by atoms with E-state index in [4.69, 9.17) is 16.7 Å². The second-order valence-electron chi connectivity index (χ2n) is 4.18. The van der Waals surface area contributed by atoms with Crippen LogP contribution in [-0.2, 0) is 11.8 Å². The zero-order valence-corrected chi connectivity index (χ0v) is 12.8. The molecule has 10 heteroatoms. The van der Waals surface area contributed by atoms with Crippen molar-refractivity contribution in [3.8, 4) is 0 Å². The van der Waals surface area contributed by atoms with Crippen LogP contribution in [-0.4, -0.2) is 28.0 Å². The first-order valence-electron chi connectivity index (χ1n) is 5.91. The first-order chi connectivity index (χ1) is 10.4. The van der Waals surface area contributed by atoms with Gasteiger partial charge in [-0.3, -0.25) is 9.32 Å². The molecule has 1 aromatic heterocycles. The Morgan fingerprint density at radius 3 is 2.82 bits per heavy atom. The van der Waals surface area contributed by atoms with Gasteiger partial charge in [-0.25, -0.2) is 9.59 Å². The second kappa shape index (κ2) is 6.67. The maximum absolute atomic E-state index is 11.8. The van der Waals surface area contributed by atoms with Crippen LogP contribution >= 0.6 is 23.4 Å². The van der Waals surface area contributed by atoms with Gasteiger partial charge in [0.25, 0.3) is 0 Å². The number of aryl methyl sites for hydroxylation is 1. The topological polar surface area (TPSA) is 116 Å². The molecule has 1 heterocycles. The van der Waals surface area contributed by atoms with Gasteiger partial charge in [0.2, 0.25) is 5.91 Å². The van der Waals surface area contributed by atoms with E-state index in [0.29, 0.717) is 5.69 Å². The van der Waals surface area contributed by atoms with Crippen molar-refractivity contribution in [1.82, 2.24) is 5.27 Å². The van der Waals surface area contributed by atoms with Crippen LogP contribution in [0.3, 0.4) is 0 Å². The monoisotopic (exact) mass is 344 g/mol. The van der Waals surface area contributed by atoms with Crippen LogP contribution in [0.4, 0.5) is 5.69 Å². The van der Waals surface area contributed by atoms with Crippen molar-refractivity contribution in [1.29, 1.82) is 0 Å². The summed E-state index contributed by atoms with van der Waals surface area (Å²) >= 11 is 6.73. The Labute approximate surface area is 133 Å². The van der Waals surface area contributed by atoms with Crippen LogP contribution in [0, 0.1) is 0 Å². The van der Waals surface area contributed by atoms with Gasteiger partial charge in [0.05, 0.1) is 16.3 Å². The number of thioether (sulfide) groups is 1. The lowest BCUT2D eigenvalue weighted by molar-refractivity contribution is -0.772. The van der Waals surface area contributed by atoms with Crippen LogP contribution in [0.1, 0.15) is 10.4 Å². The van der Waals surface area contributed by atoms with E-state index in [1.165, 1.54) is 22.9 Å². The van der Waals surface area contributed by atoms with Crippen LogP contribution < -0.4 is 15.6 Å². The van der Waals surface area contributed by atoms with E-state index < -0.39 is 17.5 Å². The molecule has 0 saturated carbocycles. The van der Waals surface area contributed by atoms with Crippen LogP contribution in [0.5, 0.6) is 0 Å². The van der Waals surface area contributed by atoms with Crippen molar-refractivity contribution in [2.24, 2.45) is 7.05 Å². The van der Waals surface area contributed by atoms with Gasteiger partial charge < -0.3 is 10.4 Å². The number of amides is 1. The number of aromatic carboxylic acids is 1. The number of nitrogens with one attached hydrogen (secondary N) is 2. The van der Waals surface area contributed by atoms with E-state index in [1.54, 1.807) is 7.05 Å². The van der Waals surface area contributed by atoms with E-state index in [0.717, 1.165) is 11.8 Å². The minimum Gasteiger partial charge on any atom is -0.478 e. The highest BCUT2D eigenvalue weighted by molar-refractivity contribution is 7.99. The van der Waals surface area contributed by atoms with Crippen molar-refractivity contribution in [3.05, 3.63) is 39.2 Å². The lowest BCUT2D eigenvalue weighted by atomic mass is 10.2. The third-order valence-electron chi connectivity index (χ3n) is 2.58. The third-order valence-corrected chi connectivity index (χ3v) is 4.03. The number of carboxylic acid groups (broad SMARTS) is 1.